The number of aliphatic hydroxyl groups excluding tert-OH is 1. The fraction of sp³-hybridized carbons (Fsp3) is 0.387. The van der Waals surface area contributed by atoms with Gasteiger partial charge in [-0.1, -0.05) is 37.3 Å². The molecule has 1 saturated heterocycles. The van der Waals surface area contributed by atoms with Gasteiger partial charge in [0.05, 0.1) is 22.8 Å². The van der Waals surface area contributed by atoms with Crippen molar-refractivity contribution >= 4 is 15.7 Å². The van der Waals surface area contributed by atoms with Crippen LogP contribution in [0.1, 0.15) is 41.3 Å². The highest BCUT2D eigenvalue weighted by atomic mass is 32.2. The highest BCUT2D eigenvalue weighted by Crippen LogP contribution is 2.39. The number of nitrogens with zero attached hydrogens (tertiary/aromatic N) is 1. The molecule has 0 bridgehead atoms. The van der Waals surface area contributed by atoms with Gasteiger partial charge in [-0.25, -0.2) is 8.42 Å². The topological polar surface area (TPSA) is 105 Å². The van der Waals surface area contributed by atoms with Crippen LogP contribution >= 0.6 is 0 Å². The number of ether oxygens (including phenoxy) is 2. The number of halogens is 5. The van der Waals surface area contributed by atoms with Crippen molar-refractivity contribution in [3.63, 3.8) is 0 Å². The van der Waals surface area contributed by atoms with Crippen LogP contribution in [0.3, 0.4) is 0 Å². The van der Waals surface area contributed by atoms with Gasteiger partial charge in [-0.2, -0.15) is 22.0 Å². The number of rotatable bonds is 13. The molecular weight excluding hydrogens is 623 g/mol. The zero-order chi connectivity index (χ0) is 32.8. The maximum absolute atomic E-state index is 13.6. The molecule has 2 N–H and O–H groups in total. The van der Waals surface area contributed by atoms with E-state index in [1.807, 2.05) is 0 Å². The molecule has 0 aliphatic carbocycles. The molecule has 0 aromatic heterocycles. The van der Waals surface area contributed by atoms with E-state index in [4.69, 9.17) is 4.74 Å². The van der Waals surface area contributed by atoms with Crippen molar-refractivity contribution in [2.45, 2.75) is 55.3 Å². The van der Waals surface area contributed by atoms with Crippen LogP contribution in [0.4, 0.5) is 22.0 Å². The van der Waals surface area contributed by atoms with E-state index in [0.29, 0.717) is 5.56 Å². The molecule has 45 heavy (non-hydrogen) atoms. The Kier molecular flexibility index (Phi) is 10.8. The Morgan fingerprint density at radius 3 is 2.18 bits per heavy atom. The van der Waals surface area contributed by atoms with Gasteiger partial charge >= 0.3 is 12.8 Å². The average molecular weight is 657 g/mol. The zero-order valence-corrected chi connectivity index (χ0v) is 25.0. The highest BCUT2D eigenvalue weighted by molar-refractivity contribution is 7.91. The summed E-state index contributed by atoms with van der Waals surface area (Å²) in [6.07, 6.45) is -5.37. The van der Waals surface area contributed by atoms with E-state index >= 15 is 0 Å². The van der Waals surface area contributed by atoms with E-state index < -0.39 is 65.1 Å². The van der Waals surface area contributed by atoms with Gasteiger partial charge in [-0.05, 0) is 54.1 Å². The summed E-state index contributed by atoms with van der Waals surface area (Å²) >= 11 is 0. The van der Waals surface area contributed by atoms with Gasteiger partial charge in [0.2, 0.25) is 0 Å². The molecular formula is C31H33F5N2O6S. The minimum Gasteiger partial charge on any atom is -0.489 e. The second kappa shape index (κ2) is 14.2. The molecule has 1 fully saturated rings. The molecule has 14 heteroatoms. The van der Waals surface area contributed by atoms with Crippen molar-refractivity contribution in [3.8, 4) is 5.75 Å². The molecule has 0 unspecified atom stereocenters. The molecule has 0 saturated carbocycles. The van der Waals surface area contributed by atoms with Crippen molar-refractivity contribution in [1.82, 2.24) is 10.2 Å². The van der Waals surface area contributed by atoms with E-state index in [2.05, 4.69) is 10.1 Å². The van der Waals surface area contributed by atoms with Crippen LogP contribution < -0.4 is 10.1 Å². The van der Waals surface area contributed by atoms with Crippen LogP contribution in [0.15, 0.2) is 83.8 Å². The minimum atomic E-state index is -4.55. The number of hydrogen-bond donors (Lipinski definition) is 2. The standard InChI is InChI=1S/C31H33F5N2O6S/c1-2-45(41,42)27-14-10-22(11-15-27)30(16-17-39,37-28(40)21-6-4-3-5-7-21)38-19-26(18-24(38)20-43-29(32)33)44-25-12-8-23(9-13-25)31(34,35)36/h3-15,24,26,29,39H,2,16-20H2,1H3,(H,37,40)/t24-,26-,30-/m0/s1. The third kappa shape index (κ3) is 8.17. The number of alkyl halides is 5. The lowest BCUT2D eigenvalue weighted by Gasteiger charge is -2.45. The first-order valence-electron chi connectivity index (χ1n) is 14.1. The summed E-state index contributed by atoms with van der Waals surface area (Å²) in [4.78, 5) is 15.3. The van der Waals surface area contributed by atoms with Gasteiger partial charge in [0.15, 0.2) is 9.84 Å². The summed E-state index contributed by atoms with van der Waals surface area (Å²) in [7, 11) is -3.59. The Morgan fingerprint density at radius 2 is 1.62 bits per heavy atom. The number of aliphatic hydroxyl groups is 1. The van der Waals surface area contributed by atoms with Gasteiger partial charge in [0.1, 0.15) is 17.5 Å². The maximum Gasteiger partial charge on any atom is 0.416 e. The smallest absolute Gasteiger partial charge is 0.416 e. The summed E-state index contributed by atoms with van der Waals surface area (Å²) in [5, 5.41) is 13.2. The van der Waals surface area contributed by atoms with E-state index in [1.165, 1.54) is 31.2 Å². The van der Waals surface area contributed by atoms with E-state index in [9.17, 15) is 40.3 Å². The maximum atomic E-state index is 13.6. The molecule has 1 heterocycles. The lowest BCUT2D eigenvalue weighted by atomic mass is 9.92. The summed E-state index contributed by atoms with van der Waals surface area (Å²) in [5.41, 5.74) is -1.83. The Morgan fingerprint density at radius 1 is 1.00 bits per heavy atom. The molecule has 4 rings (SSSR count). The van der Waals surface area contributed by atoms with Crippen molar-refractivity contribution in [3.05, 3.63) is 95.6 Å². The van der Waals surface area contributed by atoms with Crippen molar-refractivity contribution in [2.24, 2.45) is 0 Å². The Hall–Kier alpha value is -3.59. The molecule has 8 nitrogen and oxygen atoms in total. The molecule has 1 amide bonds. The fourth-order valence-electron chi connectivity index (χ4n) is 5.46. The Labute approximate surface area is 257 Å². The van der Waals surface area contributed by atoms with Gasteiger partial charge in [0, 0.05) is 37.6 Å². The summed E-state index contributed by atoms with van der Waals surface area (Å²) in [6, 6.07) is 17.0. The van der Waals surface area contributed by atoms with Gasteiger partial charge < -0.3 is 19.9 Å². The second-order valence-electron chi connectivity index (χ2n) is 10.5. The van der Waals surface area contributed by atoms with Crippen LogP contribution in [-0.2, 0) is 26.4 Å². The van der Waals surface area contributed by atoms with Crippen molar-refractivity contribution in [1.29, 1.82) is 0 Å². The summed E-state index contributed by atoms with van der Waals surface area (Å²) in [5.74, 6) is -0.602. The van der Waals surface area contributed by atoms with Crippen LogP contribution in [0.5, 0.6) is 5.75 Å². The number of carbonyl (C=O) groups excluding carboxylic acids is 1. The summed E-state index contributed by atoms with van der Waals surface area (Å²) in [6.45, 7) is -2.64. The molecule has 1 aliphatic rings. The molecule has 0 radical (unpaired) electrons. The molecule has 3 aromatic rings. The Balaban J connectivity index is 1.77. The number of sulfone groups is 1. The van der Waals surface area contributed by atoms with Crippen LogP contribution in [0, 0.1) is 0 Å². The number of benzene rings is 3. The third-order valence-electron chi connectivity index (χ3n) is 7.67. The second-order valence-corrected chi connectivity index (χ2v) is 12.8. The lowest BCUT2D eigenvalue weighted by Crippen LogP contribution is -2.61. The normalized spacial score (nSPS) is 18.9. The van der Waals surface area contributed by atoms with E-state index in [1.54, 1.807) is 35.2 Å². The first kappa shape index (κ1) is 34.3. The van der Waals surface area contributed by atoms with E-state index in [0.717, 1.165) is 24.3 Å². The first-order valence-corrected chi connectivity index (χ1v) is 15.8. The number of hydrogen-bond acceptors (Lipinski definition) is 7. The van der Waals surface area contributed by atoms with Gasteiger partial charge in [0.25, 0.3) is 5.91 Å². The quantitative estimate of drug-likeness (QED) is 0.243. The monoisotopic (exact) mass is 656 g/mol. The first-order chi connectivity index (χ1) is 21.3. The molecule has 3 atom stereocenters. The van der Waals surface area contributed by atoms with Crippen LogP contribution in [0.25, 0.3) is 0 Å². The fourth-order valence-corrected chi connectivity index (χ4v) is 6.34. The van der Waals surface area contributed by atoms with E-state index in [-0.39, 0.29) is 41.3 Å². The molecule has 1 aliphatic heterocycles. The van der Waals surface area contributed by atoms with Gasteiger partial charge in [-0.3, -0.25) is 9.69 Å². The molecule has 244 valence electrons. The third-order valence-corrected chi connectivity index (χ3v) is 9.42. The van der Waals surface area contributed by atoms with Crippen molar-refractivity contribution in [2.75, 3.05) is 25.5 Å². The largest absolute Gasteiger partial charge is 0.489 e. The minimum absolute atomic E-state index is 0.0254. The zero-order valence-electron chi connectivity index (χ0n) is 24.2. The Bertz CT molecular complexity index is 1520. The highest BCUT2D eigenvalue weighted by Gasteiger charge is 2.49. The SMILES string of the molecule is CCS(=O)(=O)c1ccc([C@@](CCO)(NC(=O)c2ccccc2)N2C[C@@H](Oc3ccc(C(F)(F)F)cc3)C[C@H]2COC(F)F)cc1. The van der Waals surface area contributed by atoms with Gasteiger partial charge in [-0.15, -0.1) is 0 Å². The van der Waals surface area contributed by atoms with Crippen molar-refractivity contribution < 1.29 is 49.7 Å². The van der Waals surface area contributed by atoms with Crippen LogP contribution in [-0.4, -0.2) is 68.6 Å². The predicted octanol–water partition coefficient (Wildman–Crippen LogP) is 5.23. The number of carbonyl (C=O) groups is 1. The predicted molar refractivity (Wildman–Crippen MR) is 154 cm³/mol. The number of likely N-dealkylation sites (tertiary alicyclic amines) is 1. The number of amides is 1. The number of nitrogens with one attached hydrogen (secondary N) is 1. The lowest BCUT2D eigenvalue weighted by molar-refractivity contribution is -0.146. The molecule has 3 aromatic carbocycles. The van der Waals surface area contributed by atoms with Crippen LogP contribution in [0.2, 0.25) is 0 Å². The average Bonchev–Trinajstić information content (AvgIpc) is 3.43. The summed E-state index contributed by atoms with van der Waals surface area (Å²) < 4.78 is 101. The molecule has 0 spiro atoms.